The van der Waals surface area contributed by atoms with E-state index in [-0.39, 0.29) is 0 Å². The molecule has 2 rings (SSSR count). The molecule has 0 saturated heterocycles. The number of nitrogens with zero attached hydrogens (tertiary/aromatic N) is 1. The summed E-state index contributed by atoms with van der Waals surface area (Å²) < 4.78 is 0. The highest BCUT2D eigenvalue weighted by Crippen LogP contribution is 2.25. The minimum absolute atomic E-state index is 0.718. The van der Waals surface area contributed by atoms with Crippen LogP contribution in [0.15, 0.2) is 0 Å². The summed E-state index contributed by atoms with van der Waals surface area (Å²) in [6.07, 6.45) is 5.54. The molecule has 0 radical (unpaired) electrons. The van der Waals surface area contributed by atoms with Gasteiger partial charge in [0.1, 0.15) is 0 Å². The van der Waals surface area contributed by atoms with Crippen LogP contribution in [0.2, 0.25) is 0 Å². The second kappa shape index (κ2) is 5.28. The van der Waals surface area contributed by atoms with Crippen molar-refractivity contribution in [2.45, 2.75) is 59.0 Å². The van der Waals surface area contributed by atoms with Crippen LogP contribution < -0.4 is 5.32 Å². The van der Waals surface area contributed by atoms with Gasteiger partial charge in [-0.2, -0.15) is 0 Å². The summed E-state index contributed by atoms with van der Waals surface area (Å²) in [6, 6.07) is 0.718. The molecule has 1 fully saturated rings. The summed E-state index contributed by atoms with van der Waals surface area (Å²) in [6.45, 7) is 7.59. The fourth-order valence-electron chi connectivity index (χ4n) is 2.58. The van der Waals surface area contributed by atoms with E-state index in [0.29, 0.717) is 0 Å². The highest BCUT2D eigenvalue weighted by Gasteiger charge is 2.20. The van der Waals surface area contributed by atoms with Crippen molar-refractivity contribution in [3.05, 3.63) is 15.6 Å². The van der Waals surface area contributed by atoms with Crippen molar-refractivity contribution in [1.82, 2.24) is 10.3 Å². The lowest BCUT2D eigenvalue weighted by Gasteiger charge is -2.29. The van der Waals surface area contributed by atoms with Crippen LogP contribution in [0.25, 0.3) is 0 Å². The highest BCUT2D eigenvalue weighted by molar-refractivity contribution is 7.11. The average Bonchev–Trinajstić information content (AvgIpc) is 2.56. The van der Waals surface area contributed by atoms with Gasteiger partial charge in [0, 0.05) is 17.5 Å². The lowest BCUT2D eigenvalue weighted by molar-refractivity contribution is 0.280. The largest absolute Gasteiger partial charge is 0.309 e. The van der Waals surface area contributed by atoms with E-state index in [9.17, 15) is 0 Å². The zero-order valence-corrected chi connectivity index (χ0v) is 11.4. The molecule has 1 aliphatic rings. The number of hydrogen-bond acceptors (Lipinski definition) is 3. The molecule has 0 aliphatic heterocycles. The molecule has 2 unspecified atom stereocenters. The second-order valence-corrected chi connectivity index (χ2v) is 6.28. The van der Waals surface area contributed by atoms with E-state index in [1.54, 1.807) is 0 Å². The van der Waals surface area contributed by atoms with E-state index in [4.69, 9.17) is 0 Å². The Bertz CT molecular complexity index is 346. The van der Waals surface area contributed by atoms with Crippen LogP contribution in [0.3, 0.4) is 0 Å². The first kappa shape index (κ1) is 12.1. The minimum Gasteiger partial charge on any atom is -0.309 e. The molecular formula is C13H22N2S. The normalized spacial score (nSPS) is 25.9. The number of hydrogen-bond donors (Lipinski definition) is 1. The summed E-state index contributed by atoms with van der Waals surface area (Å²) in [5.41, 5.74) is 1.21. The van der Waals surface area contributed by atoms with Crippen LogP contribution >= 0.6 is 11.3 Å². The van der Waals surface area contributed by atoms with Crippen molar-refractivity contribution in [2.24, 2.45) is 5.92 Å². The number of rotatable bonds is 3. The Labute approximate surface area is 102 Å². The van der Waals surface area contributed by atoms with Gasteiger partial charge in [0.05, 0.1) is 10.7 Å². The van der Waals surface area contributed by atoms with Gasteiger partial charge >= 0.3 is 0 Å². The molecule has 3 heteroatoms. The van der Waals surface area contributed by atoms with Crippen molar-refractivity contribution < 1.29 is 0 Å². The predicted octanol–water partition coefficient (Wildman–Crippen LogP) is 3.43. The molecule has 1 aromatic rings. The maximum absolute atomic E-state index is 4.47. The topological polar surface area (TPSA) is 24.9 Å². The lowest BCUT2D eigenvalue weighted by Crippen LogP contribution is -2.36. The summed E-state index contributed by atoms with van der Waals surface area (Å²) in [7, 11) is 0. The minimum atomic E-state index is 0.718. The molecule has 16 heavy (non-hydrogen) atoms. The van der Waals surface area contributed by atoms with E-state index >= 15 is 0 Å². The first-order valence-corrected chi connectivity index (χ1v) is 7.14. The number of nitrogens with one attached hydrogen (secondary N) is 1. The molecule has 0 bridgehead atoms. The summed E-state index contributed by atoms with van der Waals surface area (Å²) >= 11 is 1.83. The third kappa shape index (κ3) is 2.83. The van der Waals surface area contributed by atoms with Crippen molar-refractivity contribution in [3.63, 3.8) is 0 Å². The second-order valence-electron chi connectivity index (χ2n) is 4.99. The molecule has 0 spiro atoms. The molecule has 1 aromatic heterocycles. The Kier molecular flexibility index (Phi) is 3.98. The standard InChI is InChI=1S/C13H22N2S/c1-9-6-4-5-7-12(9)14-8-13-10(2)15-11(3)16-13/h9,12,14H,4-8H2,1-3H3. The van der Waals surface area contributed by atoms with Gasteiger partial charge in [-0.05, 0) is 32.6 Å². The van der Waals surface area contributed by atoms with Crippen LogP contribution in [0.5, 0.6) is 0 Å². The molecule has 90 valence electrons. The summed E-state index contributed by atoms with van der Waals surface area (Å²) in [4.78, 5) is 5.88. The van der Waals surface area contributed by atoms with Crippen LogP contribution in [-0.2, 0) is 6.54 Å². The Morgan fingerprint density at radius 3 is 2.69 bits per heavy atom. The third-order valence-electron chi connectivity index (χ3n) is 3.64. The first-order chi connectivity index (χ1) is 7.66. The van der Waals surface area contributed by atoms with Gasteiger partial charge < -0.3 is 5.32 Å². The van der Waals surface area contributed by atoms with E-state index < -0.39 is 0 Å². The van der Waals surface area contributed by atoms with Gasteiger partial charge in [-0.15, -0.1) is 11.3 Å². The molecule has 1 N–H and O–H groups in total. The van der Waals surface area contributed by atoms with Gasteiger partial charge in [0.15, 0.2) is 0 Å². The number of thiazole rings is 1. The Morgan fingerprint density at radius 2 is 2.06 bits per heavy atom. The quantitative estimate of drug-likeness (QED) is 0.872. The monoisotopic (exact) mass is 238 g/mol. The molecule has 2 atom stereocenters. The molecule has 0 aromatic carbocycles. The Hall–Kier alpha value is -0.410. The molecule has 1 heterocycles. The van der Waals surface area contributed by atoms with Crippen LogP contribution in [0, 0.1) is 19.8 Å². The smallest absolute Gasteiger partial charge is 0.0900 e. The number of aryl methyl sites for hydroxylation is 2. The van der Waals surface area contributed by atoms with Gasteiger partial charge in [0.25, 0.3) is 0 Å². The van der Waals surface area contributed by atoms with E-state index in [1.807, 2.05) is 11.3 Å². The predicted molar refractivity (Wildman–Crippen MR) is 69.8 cm³/mol. The summed E-state index contributed by atoms with van der Waals surface area (Å²) in [5.74, 6) is 0.836. The van der Waals surface area contributed by atoms with Crippen LogP contribution in [0.4, 0.5) is 0 Å². The average molecular weight is 238 g/mol. The van der Waals surface area contributed by atoms with Gasteiger partial charge in [-0.3, -0.25) is 0 Å². The van der Waals surface area contributed by atoms with Crippen molar-refractivity contribution in [1.29, 1.82) is 0 Å². The molecule has 2 nitrogen and oxygen atoms in total. The highest BCUT2D eigenvalue weighted by atomic mass is 32.1. The van der Waals surface area contributed by atoms with Crippen molar-refractivity contribution in [2.75, 3.05) is 0 Å². The fraction of sp³-hybridized carbons (Fsp3) is 0.769. The fourth-order valence-corrected chi connectivity index (χ4v) is 3.47. The van der Waals surface area contributed by atoms with Crippen LogP contribution in [-0.4, -0.2) is 11.0 Å². The molecular weight excluding hydrogens is 216 g/mol. The van der Waals surface area contributed by atoms with Crippen molar-refractivity contribution in [3.8, 4) is 0 Å². The third-order valence-corrected chi connectivity index (χ3v) is 4.71. The zero-order chi connectivity index (χ0) is 11.5. The molecule has 1 aliphatic carbocycles. The summed E-state index contributed by atoms with van der Waals surface area (Å²) in [5, 5.41) is 4.90. The lowest BCUT2D eigenvalue weighted by atomic mass is 9.86. The van der Waals surface area contributed by atoms with E-state index in [0.717, 1.165) is 18.5 Å². The molecule has 0 amide bonds. The van der Waals surface area contributed by atoms with E-state index in [2.05, 4.69) is 31.1 Å². The SMILES string of the molecule is Cc1nc(C)c(CNC2CCCCC2C)s1. The molecule has 1 saturated carbocycles. The Balaban J connectivity index is 1.89. The van der Waals surface area contributed by atoms with Gasteiger partial charge in [0.2, 0.25) is 0 Å². The zero-order valence-electron chi connectivity index (χ0n) is 10.5. The van der Waals surface area contributed by atoms with Gasteiger partial charge in [-0.25, -0.2) is 4.98 Å². The Morgan fingerprint density at radius 1 is 1.31 bits per heavy atom. The van der Waals surface area contributed by atoms with Crippen molar-refractivity contribution >= 4 is 11.3 Å². The number of aromatic nitrogens is 1. The van der Waals surface area contributed by atoms with Gasteiger partial charge in [-0.1, -0.05) is 19.8 Å². The maximum Gasteiger partial charge on any atom is 0.0900 e. The van der Waals surface area contributed by atoms with Crippen LogP contribution in [0.1, 0.15) is 48.2 Å². The van der Waals surface area contributed by atoms with E-state index in [1.165, 1.54) is 41.3 Å². The first-order valence-electron chi connectivity index (χ1n) is 6.33. The maximum atomic E-state index is 4.47.